The van der Waals surface area contributed by atoms with Gasteiger partial charge in [-0.05, 0) is 41.0 Å². The fourth-order valence-electron chi connectivity index (χ4n) is 5.43. The monoisotopic (exact) mass is 401 g/mol. The van der Waals surface area contributed by atoms with Gasteiger partial charge in [0.15, 0.2) is 0 Å². The SMILES string of the molecule is CCc1c(C=NC)n2c3cnccc3c3c4oc5ccc6ccccc6c5c4cc1c32. The molecule has 0 N–H and O–H groups in total. The summed E-state index contributed by atoms with van der Waals surface area (Å²) in [7, 11) is 1.83. The van der Waals surface area contributed by atoms with E-state index in [0.717, 1.165) is 39.6 Å². The summed E-state index contributed by atoms with van der Waals surface area (Å²) in [5.74, 6) is 0. The third kappa shape index (κ3) is 1.95. The standard InChI is InChI=1S/C27H19N3O/c1-3-16-19-12-20-24-17-7-5-4-6-15(17)8-9-23(24)31-27(20)25-18-10-11-29-14-22(18)30(26(19)25)21(16)13-28-2/h4-14H,3H2,1-2H3. The first-order chi connectivity index (χ1) is 15.3. The molecule has 0 saturated heterocycles. The minimum atomic E-state index is 0.931. The van der Waals surface area contributed by atoms with E-state index >= 15 is 0 Å². The lowest BCUT2D eigenvalue weighted by atomic mass is 9.99. The second-order valence-electron chi connectivity index (χ2n) is 8.12. The molecule has 0 amide bonds. The number of hydrogen-bond acceptors (Lipinski definition) is 3. The number of pyridine rings is 1. The van der Waals surface area contributed by atoms with Crippen molar-refractivity contribution in [1.82, 2.24) is 9.38 Å². The zero-order chi connectivity index (χ0) is 20.7. The number of rotatable bonds is 2. The fraction of sp³-hybridized carbons (Fsp3) is 0.111. The molecular formula is C27H19N3O. The molecule has 0 bridgehead atoms. The number of aryl methyl sites for hydroxylation is 1. The van der Waals surface area contributed by atoms with Gasteiger partial charge in [-0.2, -0.15) is 0 Å². The molecule has 4 aromatic heterocycles. The molecule has 0 radical (unpaired) electrons. The van der Waals surface area contributed by atoms with E-state index in [-0.39, 0.29) is 0 Å². The second-order valence-corrected chi connectivity index (χ2v) is 8.12. The van der Waals surface area contributed by atoms with Gasteiger partial charge in [0, 0.05) is 41.0 Å². The second kappa shape index (κ2) is 5.82. The summed E-state index contributed by atoms with van der Waals surface area (Å²) >= 11 is 0. The average molecular weight is 401 g/mol. The van der Waals surface area contributed by atoms with Crippen LogP contribution in [0.5, 0.6) is 0 Å². The van der Waals surface area contributed by atoms with Gasteiger partial charge < -0.3 is 8.82 Å². The van der Waals surface area contributed by atoms with Gasteiger partial charge in [0.2, 0.25) is 0 Å². The number of hydrogen-bond donors (Lipinski definition) is 0. The van der Waals surface area contributed by atoms with E-state index in [4.69, 9.17) is 4.42 Å². The number of furan rings is 1. The Bertz CT molecular complexity index is 1830. The van der Waals surface area contributed by atoms with Crippen molar-refractivity contribution < 1.29 is 4.42 Å². The van der Waals surface area contributed by atoms with Crippen molar-refractivity contribution in [2.75, 3.05) is 7.05 Å². The van der Waals surface area contributed by atoms with Gasteiger partial charge in [0.05, 0.1) is 28.3 Å². The molecule has 31 heavy (non-hydrogen) atoms. The zero-order valence-corrected chi connectivity index (χ0v) is 17.3. The normalized spacial score (nSPS) is 12.8. The van der Waals surface area contributed by atoms with Gasteiger partial charge in [0.25, 0.3) is 0 Å². The molecule has 0 spiro atoms. The molecule has 0 unspecified atom stereocenters. The van der Waals surface area contributed by atoms with Crippen molar-refractivity contribution >= 4 is 66.1 Å². The number of aromatic nitrogens is 2. The van der Waals surface area contributed by atoms with Gasteiger partial charge in [-0.3, -0.25) is 9.98 Å². The first-order valence-corrected chi connectivity index (χ1v) is 10.6. The summed E-state index contributed by atoms with van der Waals surface area (Å²) in [6.45, 7) is 2.21. The van der Waals surface area contributed by atoms with Crippen molar-refractivity contribution in [3.63, 3.8) is 0 Å². The summed E-state index contributed by atoms with van der Waals surface area (Å²) in [5.41, 5.74) is 6.62. The minimum absolute atomic E-state index is 0.931. The number of fused-ring (bicyclic) bond motifs is 9. The van der Waals surface area contributed by atoms with Crippen LogP contribution >= 0.6 is 0 Å². The fourth-order valence-corrected chi connectivity index (χ4v) is 5.43. The average Bonchev–Trinajstić information content (AvgIpc) is 3.44. The highest BCUT2D eigenvalue weighted by atomic mass is 16.3. The molecule has 7 aromatic rings. The molecular weight excluding hydrogens is 382 g/mol. The van der Waals surface area contributed by atoms with E-state index in [0.29, 0.717) is 0 Å². The lowest BCUT2D eigenvalue weighted by Gasteiger charge is -2.02. The van der Waals surface area contributed by atoms with Crippen LogP contribution < -0.4 is 0 Å². The smallest absolute Gasteiger partial charge is 0.145 e. The summed E-state index contributed by atoms with van der Waals surface area (Å²) in [5, 5.41) is 8.41. The Morgan fingerprint density at radius 3 is 2.77 bits per heavy atom. The topological polar surface area (TPSA) is 42.8 Å². The molecule has 0 aliphatic carbocycles. The molecule has 0 aliphatic rings. The first kappa shape index (κ1) is 16.8. The Kier molecular flexibility index (Phi) is 3.16. The van der Waals surface area contributed by atoms with Crippen molar-refractivity contribution in [1.29, 1.82) is 0 Å². The van der Waals surface area contributed by atoms with Gasteiger partial charge >= 0.3 is 0 Å². The molecule has 3 aromatic carbocycles. The molecule has 4 heteroatoms. The first-order valence-electron chi connectivity index (χ1n) is 10.6. The predicted octanol–water partition coefficient (Wildman–Crippen LogP) is 6.74. The van der Waals surface area contributed by atoms with Crippen LogP contribution in [0.15, 0.2) is 70.3 Å². The van der Waals surface area contributed by atoms with Gasteiger partial charge in [0.1, 0.15) is 11.2 Å². The summed E-state index contributed by atoms with van der Waals surface area (Å²) < 4.78 is 8.87. The maximum atomic E-state index is 6.56. The predicted molar refractivity (Wildman–Crippen MR) is 129 cm³/mol. The van der Waals surface area contributed by atoms with Crippen LogP contribution in [0.25, 0.3) is 59.9 Å². The van der Waals surface area contributed by atoms with Gasteiger partial charge in [-0.1, -0.05) is 37.3 Å². The highest BCUT2D eigenvalue weighted by molar-refractivity contribution is 6.31. The number of nitrogens with zero attached hydrogens (tertiary/aromatic N) is 3. The van der Waals surface area contributed by atoms with Crippen molar-refractivity contribution in [3.8, 4) is 0 Å². The molecule has 7 rings (SSSR count). The molecule has 148 valence electrons. The minimum Gasteiger partial charge on any atom is -0.455 e. The summed E-state index contributed by atoms with van der Waals surface area (Å²) in [4.78, 5) is 8.80. The summed E-state index contributed by atoms with van der Waals surface area (Å²) in [6.07, 6.45) is 6.72. The number of benzene rings is 3. The number of aliphatic imine (C=N–C) groups is 1. The Morgan fingerprint density at radius 1 is 1.00 bits per heavy atom. The molecule has 4 nitrogen and oxygen atoms in total. The van der Waals surface area contributed by atoms with Crippen molar-refractivity contribution in [2.24, 2.45) is 4.99 Å². The molecule has 0 atom stereocenters. The lowest BCUT2D eigenvalue weighted by Crippen LogP contribution is -1.94. The van der Waals surface area contributed by atoms with Crippen LogP contribution in [0.3, 0.4) is 0 Å². The summed E-state index contributed by atoms with van der Waals surface area (Å²) in [6, 6.07) is 17.2. The Hall–Kier alpha value is -3.92. The maximum absolute atomic E-state index is 6.56. The molecule has 0 aliphatic heterocycles. The zero-order valence-electron chi connectivity index (χ0n) is 17.3. The van der Waals surface area contributed by atoms with E-state index < -0.39 is 0 Å². The van der Waals surface area contributed by atoms with Crippen LogP contribution in [0.4, 0.5) is 0 Å². The molecule has 0 fully saturated rings. The van der Waals surface area contributed by atoms with Crippen molar-refractivity contribution in [2.45, 2.75) is 13.3 Å². The van der Waals surface area contributed by atoms with E-state index in [1.807, 2.05) is 25.7 Å². The Balaban J connectivity index is 1.85. The van der Waals surface area contributed by atoms with Crippen LogP contribution in [0, 0.1) is 0 Å². The van der Waals surface area contributed by atoms with Crippen molar-refractivity contribution in [3.05, 3.63) is 72.2 Å². The molecule has 0 saturated carbocycles. The van der Waals surface area contributed by atoms with Crippen LogP contribution in [-0.4, -0.2) is 22.6 Å². The van der Waals surface area contributed by atoms with Gasteiger partial charge in [-0.15, -0.1) is 0 Å². The Labute approximate surface area is 177 Å². The Morgan fingerprint density at radius 2 is 1.90 bits per heavy atom. The van der Waals surface area contributed by atoms with E-state index in [9.17, 15) is 0 Å². The highest BCUT2D eigenvalue weighted by Crippen LogP contribution is 2.45. The van der Waals surface area contributed by atoms with E-state index in [1.165, 1.54) is 38.0 Å². The largest absolute Gasteiger partial charge is 0.455 e. The van der Waals surface area contributed by atoms with Crippen LogP contribution in [0.2, 0.25) is 0 Å². The highest BCUT2D eigenvalue weighted by Gasteiger charge is 2.25. The third-order valence-electron chi connectivity index (χ3n) is 6.64. The van der Waals surface area contributed by atoms with E-state index in [1.54, 1.807) is 0 Å². The quantitative estimate of drug-likeness (QED) is 0.301. The van der Waals surface area contributed by atoms with Crippen LogP contribution in [-0.2, 0) is 6.42 Å². The lowest BCUT2D eigenvalue weighted by molar-refractivity contribution is 0.673. The third-order valence-corrected chi connectivity index (χ3v) is 6.64. The van der Waals surface area contributed by atoms with Crippen LogP contribution in [0.1, 0.15) is 18.2 Å². The van der Waals surface area contributed by atoms with Gasteiger partial charge in [-0.25, -0.2) is 0 Å². The maximum Gasteiger partial charge on any atom is 0.145 e. The molecule has 4 heterocycles. The van der Waals surface area contributed by atoms with E-state index in [2.05, 4.69) is 69.8 Å².